The Labute approximate surface area is 55.1 Å². The van der Waals surface area contributed by atoms with E-state index in [1.54, 1.807) is 0 Å². The summed E-state index contributed by atoms with van der Waals surface area (Å²) in [5, 5.41) is 0. The highest BCUT2D eigenvalue weighted by molar-refractivity contribution is 8.54. The van der Waals surface area contributed by atoms with Gasteiger partial charge in [0.2, 0.25) is 0 Å². The van der Waals surface area contributed by atoms with E-state index < -0.39 is 6.13 Å². The zero-order chi connectivity index (χ0) is 5.86. The molecule has 0 radical (unpaired) electrons. The van der Waals surface area contributed by atoms with Gasteiger partial charge in [-0.05, 0) is 13.8 Å². The summed E-state index contributed by atoms with van der Waals surface area (Å²) in [6.07, 6.45) is -0.917. The Morgan fingerprint density at radius 3 is 2.14 bits per heavy atom. The van der Waals surface area contributed by atoms with E-state index in [4.69, 9.17) is 16.3 Å². The van der Waals surface area contributed by atoms with Crippen LogP contribution in [0.5, 0.6) is 0 Å². The van der Waals surface area contributed by atoms with Gasteiger partial charge in [0.1, 0.15) is 6.13 Å². The highest BCUT2D eigenvalue weighted by Gasteiger charge is 1.89. The average Bonchev–Trinajstić information content (AvgIpc) is 1.27. The molecule has 7 heavy (non-hydrogen) atoms. The fourth-order valence-corrected chi connectivity index (χ4v) is 1.81. The lowest BCUT2D eigenvalue weighted by molar-refractivity contribution is 0.284. The Bertz CT molecular complexity index is 73.3. The quantitative estimate of drug-likeness (QED) is 0.482. The van der Waals surface area contributed by atoms with Crippen LogP contribution in [0.25, 0.3) is 0 Å². The molecule has 0 aliphatic heterocycles. The Morgan fingerprint density at radius 2 is 2.14 bits per heavy atom. The van der Waals surface area contributed by atoms with Gasteiger partial charge in [-0.3, -0.25) is 0 Å². The van der Waals surface area contributed by atoms with Crippen molar-refractivity contribution < 1.29 is 4.52 Å². The van der Waals surface area contributed by atoms with Crippen LogP contribution in [0.4, 0.5) is 0 Å². The van der Waals surface area contributed by atoms with Gasteiger partial charge in [-0.1, -0.05) is 11.8 Å². The fraction of sp³-hybridized carbons (Fsp3) is 1.00. The van der Waals surface area contributed by atoms with Gasteiger partial charge in [0.25, 0.3) is 0 Å². The number of rotatable bonds is 2. The first-order valence-corrected chi connectivity index (χ1v) is 5.85. The van der Waals surface area contributed by atoms with Gasteiger partial charge in [0.05, 0.1) is 6.10 Å². The molecular formula is C3H9OPS2. The summed E-state index contributed by atoms with van der Waals surface area (Å²) in [6, 6.07) is 0. The summed E-state index contributed by atoms with van der Waals surface area (Å²) in [5.41, 5.74) is 0. The molecule has 0 fully saturated rings. The third kappa shape index (κ3) is 6.96. The summed E-state index contributed by atoms with van der Waals surface area (Å²) in [4.78, 5) is 0. The number of hydrogen-bond donors (Lipinski definition) is 1. The second kappa shape index (κ2) is 3.90. The van der Waals surface area contributed by atoms with Crippen molar-refractivity contribution in [2.75, 3.05) is 0 Å². The molecule has 0 aromatic carbocycles. The zero-order valence-electron chi connectivity index (χ0n) is 4.34. The molecule has 4 heteroatoms. The Kier molecular flexibility index (Phi) is 4.44. The first-order valence-electron chi connectivity index (χ1n) is 2.02. The molecule has 0 aromatic rings. The number of hydrogen-bond acceptors (Lipinski definition) is 2. The second-order valence-corrected chi connectivity index (χ2v) is 5.44. The fourth-order valence-electron chi connectivity index (χ4n) is 0.202. The van der Waals surface area contributed by atoms with E-state index in [0.29, 0.717) is 0 Å². The molecule has 0 aliphatic rings. The highest BCUT2D eigenvalue weighted by Crippen LogP contribution is 2.28. The monoisotopic (exact) mass is 156 g/mol. The van der Waals surface area contributed by atoms with Crippen LogP contribution in [0.3, 0.4) is 0 Å². The lowest BCUT2D eigenvalue weighted by Crippen LogP contribution is -1.91. The van der Waals surface area contributed by atoms with Gasteiger partial charge in [-0.2, -0.15) is 0 Å². The molecule has 0 amide bonds. The minimum atomic E-state index is -1.16. The summed E-state index contributed by atoms with van der Waals surface area (Å²) in [7, 11) is 0. The van der Waals surface area contributed by atoms with E-state index in [1.807, 2.05) is 13.8 Å². The molecule has 0 aromatic heterocycles. The van der Waals surface area contributed by atoms with Crippen molar-refractivity contribution in [2.45, 2.75) is 20.0 Å². The van der Waals surface area contributed by atoms with E-state index >= 15 is 0 Å². The molecule has 1 unspecified atom stereocenters. The Balaban J connectivity index is 3.13. The van der Waals surface area contributed by atoms with Crippen molar-refractivity contribution >= 4 is 30.2 Å². The molecule has 0 spiro atoms. The van der Waals surface area contributed by atoms with Gasteiger partial charge >= 0.3 is 0 Å². The van der Waals surface area contributed by atoms with Crippen LogP contribution in [0, 0.1) is 0 Å². The van der Waals surface area contributed by atoms with Crippen molar-refractivity contribution in [3.63, 3.8) is 0 Å². The van der Waals surface area contributed by atoms with Gasteiger partial charge in [0, 0.05) is 0 Å². The van der Waals surface area contributed by atoms with Gasteiger partial charge in [0.15, 0.2) is 0 Å². The van der Waals surface area contributed by atoms with Crippen LogP contribution >= 0.6 is 18.4 Å². The van der Waals surface area contributed by atoms with Crippen molar-refractivity contribution in [3.05, 3.63) is 0 Å². The third-order valence-electron chi connectivity index (χ3n) is 0.337. The average molecular weight is 156 g/mol. The number of thiol groups is 1. The molecule has 0 N–H and O–H groups in total. The van der Waals surface area contributed by atoms with E-state index in [0.717, 1.165) is 0 Å². The molecule has 44 valence electrons. The molecule has 1 nitrogen and oxygen atoms in total. The SMILES string of the molecule is CC(C)O[PH](=S)S. The minimum absolute atomic E-state index is 0.240. The molecule has 0 bridgehead atoms. The first kappa shape index (κ1) is 7.96. The molecular weight excluding hydrogens is 147 g/mol. The van der Waals surface area contributed by atoms with Gasteiger partial charge in [-0.15, -0.1) is 12.2 Å². The van der Waals surface area contributed by atoms with E-state index in [2.05, 4.69) is 12.2 Å². The second-order valence-electron chi connectivity index (χ2n) is 1.43. The normalized spacial score (nSPS) is 14.9. The van der Waals surface area contributed by atoms with Crippen molar-refractivity contribution in [3.8, 4) is 0 Å². The molecule has 0 saturated carbocycles. The minimum Gasteiger partial charge on any atom is -0.341 e. The molecule has 0 heterocycles. The smallest absolute Gasteiger partial charge is 0.105 e. The summed E-state index contributed by atoms with van der Waals surface area (Å²) in [6.45, 7) is 3.90. The van der Waals surface area contributed by atoms with Gasteiger partial charge in [-0.25, -0.2) is 0 Å². The van der Waals surface area contributed by atoms with Crippen molar-refractivity contribution in [1.82, 2.24) is 0 Å². The maximum atomic E-state index is 5.03. The van der Waals surface area contributed by atoms with Crippen LogP contribution in [0.15, 0.2) is 0 Å². The summed E-state index contributed by atoms with van der Waals surface area (Å²) < 4.78 is 5.03. The zero-order valence-corrected chi connectivity index (χ0v) is 7.05. The van der Waals surface area contributed by atoms with Crippen LogP contribution in [-0.4, -0.2) is 6.10 Å². The summed E-state index contributed by atoms with van der Waals surface area (Å²) in [5.74, 6) is 0. The van der Waals surface area contributed by atoms with Crippen molar-refractivity contribution in [2.24, 2.45) is 0 Å². The topological polar surface area (TPSA) is 9.23 Å². The molecule has 1 atom stereocenters. The van der Waals surface area contributed by atoms with Gasteiger partial charge < -0.3 is 4.52 Å². The van der Waals surface area contributed by atoms with Crippen LogP contribution < -0.4 is 0 Å². The Hall–Kier alpha value is 0.960. The Morgan fingerprint density at radius 1 is 1.71 bits per heavy atom. The van der Waals surface area contributed by atoms with E-state index in [1.165, 1.54) is 0 Å². The predicted molar refractivity (Wildman–Crippen MR) is 40.9 cm³/mol. The first-order chi connectivity index (χ1) is 3.13. The van der Waals surface area contributed by atoms with E-state index in [-0.39, 0.29) is 6.10 Å². The molecule has 0 rings (SSSR count). The highest BCUT2D eigenvalue weighted by atomic mass is 32.9. The van der Waals surface area contributed by atoms with Crippen molar-refractivity contribution in [1.29, 1.82) is 0 Å². The lowest BCUT2D eigenvalue weighted by Gasteiger charge is -2.02. The van der Waals surface area contributed by atoms with Crippen LogP contribution in [0.2, 0.25) is 0 Å². The maximum Gasteiger partial charge on any atom is 0.105 e. The standard InChI is InChI=1S/C3H9OPS2/c1-3(2)4-5(6)7/h3,5H,1-2H3,(H,6,7). The molecule has 0 saturated heterocycles. The van der Waals surface area contributed by atoms with E-state index in [9.17, 15) is 0 Å². The predicted octanol–water partition coefficient (Wildman–Crippen LogP) is 1.85. The lowest BCUT2D eigenvalue weighted by atomic mass is 10.5. The summed E-state index contributed by atoms with van der Waals surface area (Å²) >= 11 is 8.63. The maximum absolute atomic E-state index is 5.03. The van der Waals surface area contributed by atoms with Crippen LogP contribution in [-0.2, 0) is 16.3 Å². The van der Waals surface area contributed by atoms with Crippen LogP contribution in [0.1, 0.15) is 13.8 Å². The largest absolute Gasteiger partial charge is 0.341 e. The third-order valence-corrected chi connectivity index (χ3v) is 1.61. The molecule has 0 aliphatic carbocycles.